The van der Waals surface area contributed by atoms with Crippen molar-refractivity contribution >= 4 is 16.9 Å². The normalized spacial score (nSPS) is 12.1. The van der Waals surface area contributed by atoms with Gasteiger partial charge in [-0.05, 0) is 48.6 Å². The molecule has 176 valence electrons. The van der Waals surface area contributed by atoms with Crippen LogP contribution in [0.25, 0.3) is 11.0 Å². The highest BCUT2D eigenvalue weighted by molar-refractivity contribution is 5.78. The molecule has 1 N–H and O–H groups in total. The van der Waals surface area contributed by atoms with E-state index in [4.69, 9.17) is 9.72 Å². The second kappa shape index (κ2) is 11.0. The van der Waals surface area contributed by atoms with Crippen molar-refractivity contribution in [2.75, 3.05) is 6.61 Å². The van der Waals surface area contributed by atoms with Gasteiger partial charge in [0.05, 0.1) is 23.6 Å². The number of hydrogen-bond donors (Lipinski definition) is 1. The maximum absolute atomic E-state index is 12.7. The minimum Gasteiger partial charge on any atom is -0.491 e. The Balaban J connectivity index is 1.46. The van der Waals surface area contributed by atoms with Gasteiger partial charge in [-0.2, -0.15) is 0 Å². The Bertz CT molecular complexity index is 1230. The fraction of sp³-hybridized carbons (Fsp3) is 0.310. The number of aromatic nitrogens is 2. The lowest BCUT2D eigenvalue weighted by Gasteiger charge is -2.18. The Labute approximate surface area is 201 Å². The van der Waals surface area contributed by atoms with Gasteiger partial charge < -0.3 is 14.6 Å². The molecule has 5 heteroatoms. The summed E-state index contributed by atoms with van der Waals surface area (Å²) in [5, 5.41) is 3.14. The van der Waals surface area contributed by atoms with Crippen molar-refractivity contribution in [3.8, 4) is 5.75 Å². The minimum atomic E-state index is -0.210. The van der Waals surface area contributed by atoms with Gasteiger partial charge in [0, 0.05) is 6.42 Å². The fourth-order valence-corrected chi connectivity index (χ4v) is 4.28. The molecule has 0 aliphatic heterocycles. The monoisotopic (exact) mass is 455 g/mol. The molecule has 0 aliphatic rings. The van der Waals surface area contributed by atoms with Crippen LogP contribution < -0.4 is 10.1 Å². The number of nitrogens with one attached hydrogen (secondary N) is 1. The van der Waals surface area contributed by atoms with E-state index in [0.29, 0.717) is 25.5 Å². The van der Waals surface area contributed by atoms with Crippen molar-refractivity contribution in [2.45, 2.75) is 52.1 Å². The summed E-state index contributed by atoms with van der Waals surface area (Å²) in [6.07, 6.45) is 1.17. The molecule has 3 aromatic carbocycles. The molecule has 5 nitrogen and oxygen atoms in total. The van der Waals surface area contributed by atoms with Gasteiger partial charge in [0.2, 0.25) is 5.91 Å². The Morgan fingerprint density at radius 2 is 1.65 bits per heavy atom. The Morgan fingerprint density at radius 3 is 2.44 bits per heavy atom. The van der Waals surface area contributed by atoms with E-state index in [1.165, 1.54) is 5.56 Å². The number of carbonyl (C=O) groups excluding carboxylic acids is 1. The first kappa shape index (κ1) is 23.6. The van der Waals surface area contributed by atoms with Gasteiger partial charge in [-0.3, -0.25) is 4.79 Å². The third-order valence-electron chi connectivity index (χ3n) is 6.05. The molecule has 4 rings (SSSR count). The summed E-state index contributed by atoms with van der Waals surface area (Å²) in [7, 11) is 0. The molecule has 0 bridgehead atoms. The van der Waals surface area contributed by atoms with E-state index in [1.54, 1.807) is 0 Å². The van der Waals surface area contributed by atoms with Crippen molar-refractivity contribution in [3.63, 3.8) is 0 Å². The second-order valence-electron chi connectivity index (χ2n) is 8.93. The molecule has 0 saturated carbocycles. The smallest absolute Gasteiger partial charge is 0.220 e. The second-order valence-corrected chi connectivity index (χ2v) is 8.93. The van der Waals surface area contributed by atoms with E-state index in [1.807, 2.05) is 73.7 Å². The van der Waals surface area contributed by atoms with Crippen LogP contribution in [-0.2, 0) is 17.8 Å². The number of rotatable bonds is 10. The Kier molecular flexibility index (Phi) is 7.63. The number of nitrogens with zero attached hydrogens (tertiary/aromatic N) is 2. The summed E-state index contributed by atoms with van der Waals surface area (Å²) in [6.45, 7) is 7.50. The van der Waals surface area contributed by atoms with Gasteiger partial charge in [-0.1, -0.05) is 74.5 Å². The molecule has 0 aliphatic carbocycles. The van der Waals surface area contributed by atoms with Crippen molar-refractivity contribution in [1.82, 2.24) is 14.9 Å². The van der Waals surface area contributed by atoms with Gasteiger partial charge in [0.15, 0.2) is 0 Å². The van der Waals surface area contributed by atoms with E-state index in [2.05, 4.69) is 35.9 Å². The molecule has 0 saturated heterocycles. The van der Waals surface area contributed by atoms with Crippen molar-refractivity contribution in [3.05, 3.63) is 95.8 Å². The van der Waals surface area contributed by atoms with Crippen LogP contribution in [0, 0.1) is 0 Å². The fourth-order valence-electron chi connectivity index (χ4n) is 4.28. The molecular formula is C29H33N3O2. The van der Waals surface area contributed by atoms with E-state index in [0.717, 1.165) is 34.6 Å². The van der Waals surface area contributed by atoms with E-state index < -0.39 is 0 Å². The van der Waals surface area contributed by atoms with Crippen LogP contribution in [0.1, 0.15) is 56.1 Å². The zero-order valence-electron chi connectivity index (χ0n) is 20.2. The number of amides is 1. The van der Waals surface area contributed by atoms with E-state index >= 15 is 0 Å². The Hall–Kier alpha value is -3.60. The maximum atomic E-state index is 12.7. The van der Waals surface area contributed by atoms with Crippen LogP contribution in [0.15, 0.2) is 78.9 Å². The van der Waals surface area contributed by atoms with Crippen molar-refractivity contribution in [2.24, 2.45) is 0 Å². The number of benzene rings is 3. The highest BCUT2D eigenvalue weighted by Crippen LogP contribution is 2.26. The summed E-state index contributed by atoms with van der Waals surface area (Å²) in [6, 6.07) is 26.2. The molecule has 1 heterocycles. The van der Waals surface area contributed by atoms with Crippen molar-refractivity contribution < 1.29 is 9.53 Å². The summed E-state index contributed by atoms with van der Waals surface area (Å²) in [4.78, 5) is 17.5. The van der Waals surface area contributed by atoms with Crippen LogP contribution in [0.3, 0.4) is 0 Å². The highest BCUT2D eigenvalue weighted by Gasteiger charge is 2.18. The van der Waals surface area contributed by atoms with Crippen LogP contribution in [-0.4, -0.2) is 22.1 Å². The molecule has 0 fully saturated rings. The molecule has 34 heavy (non-hydrogen) atoms. The molecule has 0 radical (unpaired) electrons. The average Bonchev–Trinajstić information content (AvgIpc) is 3.22. The highest BCUT2D eigenvalue weighted by atomic mass is 16.5. The molecule has 1 amide bonds. The number of hydrogen-bond acceptors (Lipinski definition) is 3. The average molecular weight is 456 g/mol. The first-order valence-corrected chi connectivity index (χ1v) is 12.0. The van der Waals surface area contributed by atoms with Gasteiger partial charge in [0.25, 0.3) is 0 Å². The predicted molar refractivity (Wildman–Crippen MR) is 137 cm³/mol. The number of aryl methyl sites for hydroxylation is 1. The first-order valence-electron chi connectivity index (χ1n) is 12.0. The Morgan fingerprint density at radius 1 is 0.941 bits per heavy atom. The van der Waals surface area contributed by atoms with Crippen LogP contribution in [0.2, 0.25) is 0 Å². The molecule has 1 unspecified atom stereocenters. The van der Waals surface area contributed by atoms with Gasteiger partial charge in [-0.15, -0.1) is 0 Å². The van der Waals surface area contributed by atoms with Gasteiger partial charge >= 0.3 is 0 Å². The summed E-state index contributed by atoms with van der Waals surface area (Å²) >= 11 is 0. The molecule has 1 aromatic heterocycles. The lowest BCUT2D eigenvalue weighted by molar-refractivity contribution is -0.121. The largest absolute Gasteiger partial charge is 0.491 e. The minimum absolute atomic E-state index is 0.0251. The molecular weight excluding hydrogens is 422 g/mol. The molecule has 1 atom stereocenters. The van der Waals surface area contributed by atoms with Gasteiger partial charge in [0.1, 0.15) is 18.2 Å². The quantitative estimate of drug-likeness (QED) is 0.317. The van der Waals surface area contributed by atoms with Crippen LogP contribution in [0.4, 0.5) is 0 Å². The number of carbonyl (C=O) groups is 1. The standard InChI is InChI=1S/C29H33N3O2/c1-21(2)24-13-7-10-16-27(24)34-20-19-32-26-15-9-8-14-25(26)31-29(32)22(3)30-28(33)18-17-23-11-5-4-6-12-23/h4-16,21-22H,17-20H2,1-3H3,(H,30,33). The van der Waals surface area contributed by atoms with Crippen LogP contribution >= 0.6 is 0 Å². The molecule has 4 aromatic rings. The first-order chi connectivity index (χ1) is 16.5. The third kappa shape index (κ3) is 5.66. The lowest BCUT2D eigenvalue weighted by Crippen LogP contribution is -2.29. The number of ether oxygens (including phenoxy) is 1. The summed E-state index contributed by atoms with van der Waals surface area (Å²) in [5.74, 6) is 2.18. The third-order valence-corrected chi connectivity index (χ3v) is 6.05. The summed E-state index contributed by atoms with van der Waals surface area (Å²) < 4.78 is 8.35. The van der Waals surface area contributed by atoms with E-state index in [-0.39, 0.29) is 11.9 Å². The lowest BCUT2D eigenvalue weighted by atomic mass is 10.0. The topological polar surface area (TPSA) is 56.1 Å². The summed E-state index contributed by atoms with van der Waals surface area (Å²) in [5.41, 5.74) is 4.34. The number of para-hydroxylation sites is 3. The zero-order chi connectivity index (χ0) is 23.9. The maximum Gasteiger partial charge on any atom is 0.220 e. The predicted octanol–water partition coefficient (Wildman–Crippen LogP) is 6.05. The number of imidazole rings is 1. The SMILES string of the molecule is CC(C)c1ccccc1OCCn1c(C(C)NC(=O)CCc2ccccc2)nc2ccccc21. The molecule has 0 spiro atoms. The van der Waals surface area contributed by atoms with Crippen molar-refractivity contribution in [1.29, 1.82) is 0 Å². The van der Waals surface area contributed by atoms with Crippen LogP contribution in [0.5, 0.6) is 5.75 Å². The van der Waals surface area contributed by atoms with E-state index in [9.17, 15) is 4.79 Å². The van der Waals surface area contributed by atoms with Gasteiger partial charge in [-0.25, -0.2) is 4.98 Å². The number of fused-ring (bicyclic) bond motifs is 1. The zero-order valence-corrected chi connectivity index (χ0v) is 20.2.